The first kappa shape index (κ1) is 23.5. The molecular weight excluding hydrogens is 442 g/mol. The number of thioether (sulfide) groups is 1. The van der Waals surface area contributed by atoms with E-state index in [1.54, 1.807) is 0 Å². The summed E-state index contributed by atoms with van der Waals surface area (Å²) in [5.74, 6) is 0.117. The molecule has 0 aromatic carbocycles. The van der Waals surface area contributed by atoms with Crippen molar-refractivity contribution in [1.82, 2.24) is 4.90 Å². The monoisotopic (exact) mass is 479 g/mol. The maximum Gasteiger partial charge on any atom is 0.320 e. The first-order chi connectivity index (χ1) is 15.7. The highest BCUT2D eigenvalue weighted by Gasteiger charge is 2.71. The van der Waals surface area contributed by atoms with Gasteiger partial charge in [-0.2, -0.15) is 11.8 Å². The summed E-state index contributed by atoms with van der Waals surface area (Å²) in [6.07, 6.45) is 4.86. The molecule has 6 atom stereocenters. The minimum atomic E-state index is -0.610. The molecule has 5 fully saturated rings. The van der Waals surface area contributed by atoms with Crippen LogP contribution in [-0.4, -0.2) is 71.3 Å². The Morgan fingerprint density at radius 2 is 1.85 bits per heavy atom. The number of nitrogens with zero attached hydrogens (tertiary/aromatic N) is 1. The van der Waals surface area contributed by atoms with Gasteiger partial charge in [-0.15, -0.1) is 0 Å². The quantitative estimate of drug-likeness (QED) is 0.425. The van der Waals surface area contributed by atoms with Gasteiger partial charge in [-0.3, -0.25) is 19.3 Å². The Labute approximate surface area is 200 Å². The Morgan fingerprint density at radius 1 is 1.15 bits per heavy atom. The number of esters is 3. The van der Waals surface area contributed by atoms with Crippen LogP contribution in [0.5, 0.6) is 0 Å². The van der Waals surface area contributed by atoms with Crippen molar-refractivity contribution in [3.63, 3.8) is 0 Å². The molecule has 33 heavy (non-hydrogen) atoms. The van der Waals surface area contributed by atoms with Gasteiger partial charge in [0.25, 0.3) is 0 Å². The van der Waals surface area contributed by atoms with E-state index >= 15 is 0 Å². The summed E-state index contributed by atoms with van der Waals surface area (Å²) in [5.41, 5.74) is -1.02. The fraction of sp³-hybridized carbons (Fsp3) is 0.880. The summed E-state index contributed by atoms with van der Waals surface area (Å²) in [6.45, 7) is 7.96. The molecule has 0 radical (unpaired) electrons. The van der Waals surface area contributed by atoms with Crippen LogP contribution in [0, 0.1) is 29.6 Å². The first-order valence-electron chi connectivity index (χ1n) is 12.7. The second-order valence-electron chi connectivity index (χ2n) is 11.2. The molecule has 2 bridgehead atoms. The molecule has 2 saturated heterocycles. The van der Waals surface area contributed by atoms with Crippen molar-refractivity contribution in [3.05, 3.63) is 0 Å². The molecular formula is C25H37NO6S. The number of carbonyl (C=O) groups is 3. The molecule has 0 spiro atoms. The third kappa shape index (κ3) is 4.09. The van der Waals surface area contributed by atoms with Gasteiger partial charge in [0.15, 0.2) is 0 Å². The maximum absolute atomic E-state index is 13.6. The number of ether oxygens (including phenoxy) is 3. The Morgan fingerprint density at radius 3 is 2.52 bits per heavy atom. The van der Waals surface area contributed by atoms with Gasteiger partial charge in [0.1, 0.15) is 17.3 Å². The van der Waals surface area contributed by atoms with Crippen molar-refractivity contribution in [2.75, 3.05) is 31.1 Å². The topological polar surface area (TPSA) is 82.1 Å². The molecule has 2 heterocycles. The van der Waals surface area contributed by atoms with Gasteiger partial charge >= 0.3 is 17.9 Å². The molecule has 6 unspecified atom stereocenters. The molecule has 0 aromatic rings. The number of hydrogen-bond acceptors (Lipinski definition) is 8. The van der Waals surface area contributed by atoms with E-state index in [2.05, 4.69) is 11.8 Å². The smallest absolute Gasteiger partial charge is 0.320 e. The lowest BCUT2D eigenvalue weighted by Gasteiger charge is -2.39. The highest BCUT2D eigenvalue weighted by Crippen LogP contribution is 2.63. The van der Waals surface area contributed by atoms with Gasteiger partial charge in [-0.25, -0.2) is 0 Å². The Kier molecular flexibility index (Phi) is 6.21. The van der Waals surface area contributed by atoms with Gasteiger partial charge in [0.2, 0.25) is 0 Å². The van der Waals surface area contributed by atoms with Crippen LogP contribution in [0.2, 0.25) is 0 Å². The normalized spacial score (nSPS) is 38.7. The Bertz CT molecular complexity index is 803. The SMILES string of the molecule is CCC1(OC(=O)C2C3CC(C2OC(=O)CN2CCSCC2)C2C3C(=O)OC2(C)C)CCCC1. The van der Waals surface area contributed by atoms with Crippen LogP contribution < -0.4 is 0 Å². The fourth-order valence-electron chi connectivity index (χ4n) is 7.45. The highest BCUT2D eigenvalue weighted by atomic mass is 32.2. The van der Waals surface area contributed by atoms with E-state index in [1.165, 1.54) is 0 Å². The summed E-state index contributed by atoms with van der Waals surface area (Å²) in [5, 5.41) is 0. The average Bonchev–Trinajstić information content (AvgIpc) is 3.51. The third-order valence-corrected chi connectivity index (χ3v) is 9.94. The molecule has 0 amide bonds. The molecule has 5 aliphatic rings. The van der Waals surface area contributed by atoms with Crippen LogP contribution in [0.4, 0.5) is 0 Å². The van der Waals surface area contributed by atoms with Crippen LogP contribution in [0.1, 0.15) is 59.3 Å². The molecule has 0 aromatic heterocycles. The van der Waals surface area contributed by atoms with Gasteiger partial charge in [0, 0.05) is 36.4 Å². The molecule has 8 heteroatoms. The number of carbonyl (C=O) groups excluding carboxylic acids is 3. The number of rotatable bonds is 6. The molecule has 7 nitrogen and oxygen atoms in total. The molecule has 0 N–H and O–H groups in total. The Balaban J connectivity index is 1.37. The molecule has 2 aliphatic heterocycles. The van der Waals surface area contributed by atoms with Crippen LogP contribution in [0.25, 0.3) is 0 Å². The molecule has 3 saturated carbocycles. The average molecular weight is 480 g/mol. The summed E-state index contributed by atoms with van der Waals surface area (Å²) in [6, 6.07) is 0. The summed E-state index contributed by atoms with van der Waals surface area (Å²) < 4.78 is 18.0. The summed E-state index contributed by atoms with van der Waals surface area (Å²) in [4.78, 5) is 41.5. The summed E-state index contributed by atoms with van der Waals surface area (Å²) >= 11 is 1.90. The predicted molar refractivity (Wildman–Crippen MR) is 123 cm³/mol. The standard InChI is InChI=1S/C25H37NO6S/c1-4-25(7-5-6-8-25)32-23(29)19-15-13-16(20-18(15)22(28)31-24(20,2)3)21(19)30-17(27)14-26-9-11-33-12-10-26/h15-16,18-21H,4-14H2,1-3H3. The van der Waals surface area contributed by atoms with Crippen LogP contribution in [-0.2, 0) is 28.6 Å². The van der Waals surface area contributed by atoms with Crippen LogP contribution in [0.15, 0.2) is 0 Å². The van der Waals surface area contributed by atoms with Crippen molar-refractivity contribution in [3.8, 4) is 0 Å². The van der Waals surface area contributed by atoms with Crippen molar-refractivity contribution in [2.45, 2.75) is 76.6 Å². The fourth-order valence-corrected chi connectivity index (χ4v) is 8.43. The molecule has 5 rings (SSSR count). The zero-order valence-electron chi connectivity index (χ0n) is 20.0. The first-order valence-corrected chi connectivity index (χ1v) is 13.9. The van der Waals surface area contributed by atoms with E-state index in [1.807, 2.05) is 25.6 Å². The lowest BCUT2D eigenvalue weighted by Crippen LogP contribution is -2.50. The predicted octanol–water partition coefficient (Wildman–Crippen LogP) is 3.05. The van der Waals surface area contributed by atoms with Crippen molar-refractivity contribution in [2.24, 2.45) is 29.6 Å². The van der Waals surface area contributed by atoms with E-state index in [0.717, 1.165) is 56.7 Å². The molecule has 3 aliphatic carbocycles. The van der Waals surface area contributed by atoms with E-state index in [-0.39, 0.29) is 48.1 Å². The third-order valence-electron chi connectivity index (χ3n) is 9.00. The zero-order valence-corrected chi connectivity index (χ0v) is 20.9. The highest BCUT2D eigenvalue weighted by molar-refractivity contribution is 7.99. The lowest BCUT2D eigenvalue weighted by atomic mass is 9.68. The van der Waals surface area contributed by atoms with Crippen LogP contribution >= 0.6 is 11.8 Å². The van der Waals surface area contributed by atoms with Crippen molar-refractivity contribution < 1.29 is 28.6 Å². The lowest BCUT2D eigenvalue weighted by molar-refractivity contribution is -0.180. The minimum Gasteiger partial charge on any atom is -0.460 e. The van der Waals surface area contributed by atoms with Crippen molar-refractivity contribution in [1.29, 1.82) is 0 Å². The van der Waals surface area contributed by atoms with Gasteiger partial charge in [0.05, 0.1) is 18.4 Å². The van der Waals surface area contributed by atoms with Gasteiger partial charge in [-0.05, 0) is 58.3 Å². The zero-order chi connectivity index (χ0) is 23.4. The summed E-state index contributed by atoms with van der Waals surface area (Å²) in [7, 11) is 0. The van der Waals surface area contributed by atoms with E-state index in [9.17, 15) is 14.4 Å². The van der Waals surface area contributed by atoms with Crippen molar-refractivity contribution >= 4 is 29.7 Å². The largest absolute Gasteiger partial charge is 0.460 e. The number of hydrogen-bond donors (Lipinski definition) is 0. The van der Waals surface area contributed by atoms with E-state index < -0.39 is 23.2 Å². The van der Waals surface area contributed by atoms with Gasteiger partial charge in [-0.1, -0.05) is 6.92 Å². The van der Waals surface area contributed by atoms with Crippen LogP contribution in [0.3, 0.4) is 0 Å². The minimum absolute atomic E-state index is 0.0325. The Hall–Kier alpha value is -1.28. The van der Waals surface area contributed by atoms with E-state index in [4.69, 9.17) is 14.2 Å². The maximum atomic E-state index is 13.6. The second kappa shape index (κ2) is 8.74. The second-order valence-corrected chi connectivity index (χ2v) is 12.4. The van der Waals surface area contributed by atoms with Gasteiger partial charge < -0.3 is 14.2 Å². The molecule has 184 valence electrons. The number of cyclic esters (lactones) is 1. The van der Waals surface area contributed by atoms with E-state index in [0.29, 0.717) is 6.42 Å². The number of fused-ring (bicyclic) bond motifs is 5.